The molecular formula is C13H15NO2. The van der Waals surface area contributed by atoms with Crippen molar-refractivity contribution in [1.82, 2.24) is 0 Å². The van der Waals surface area contributed by atoms with Gasteiger partial charge in [0.15, 0.2) is 0 Å². The van der Waals surface area contributed by atoms with E-state index in [2.05, 4.69) is 29.2 Å². The molecule has 3 heteroatoms. The molecule has 0 amide bonds. The number of anilines is 1. The fraction of sp³-hybridized carbons (Fsp3) is 0.462. The predicted molar refractivity (Wildman–Crippen MR) is 61.5 cm³/mol. The van der Waals surface area contributed by atoms with Crippen molar-refractivity contribution in [3.8, 4) is 0 Å². The van der Waals surface area contributed by atoms with Gasteiger partial charge in [-0.1, -0.05) is 18.2 Å². The first-order valence-corrected chi connectivity index (χ1v) is 5.73. The molecule has 0 radical (unpaired) electrons. The number of benzene rings is 1. The Hall–Kier alpha value is -1.51. The van der Waals surface area contributed by atoms with Crippen LogP contribution >= 0.6 is 0 Å². The van der Waals surface area contributed by atoms with Gasteiger partial charge in [0.05, 0.1) is 13.0 Å². The second kappa shape index (κ2) is 3.51. The third-order valence-electron chi connectivity index (χ3n) is 3.79. The first-order chi connectivity index (χ1) is 7.81. The molecule has 0 aromatic heterocycles. The minimum atomic E-state index is -0.0656. The molecule has 16 heavy (non-hydrogen) atoms. The van der Waals surface area contributed by atoms with E-state index in [-0.39, 0.29) is 11.9 Å². The SMILES string of the molecule is COC(=O)C1CN2CCC1c1ccccc12. The highest BCUT2D eigenvalue weighted by molar-refractivity contribution is 5.77. The molecule has 2 bridgehead atoms. The molecule has 1 saturated heterocycles. The van der Waals surface area contributed by atoms with Crippen LogP contribution in [0, 0.1) is 5.92 Å². The zero-order valence-corrected chi connectivity index (χ0v) is 9.35. The summed E-state index contributed by atoms with van der Waals surface area (Å²) in [5.41, 5.74) is 2.62. The quantitative estimate of drug-likeness (QED) is 0.672. The third-order valence-corrected chi connectivity index (χ3v) is 3.79. The van der Waals surface area contributed by atoms with Crippen molar-refractivity contribution in [1.29, 1.82) is 0 Å². The van der Waals surface area contributed by atoms with Crippen LogP contribution in [0.3, 0.4) is 0 Å². The third kappa shape index (κ3) is 1.24. The monoisotopic (exact) mass is 217 g/mol. The number of rotatable bonds is 1. The number of hydrogen-bond donors (Lipinski definition) is 0. The van der Waals surface area contributed by atoms with Crippen LogP contribution in [-0.4, -0.2) is 26.2 Å². The summed E-state index contributed by atoms with van der Waals surface area (Å²) >= 11 is 0. The van der Waals surface area contributed by atoms with Crippen molar-refractivity contribution in [2.45, 2.75) is 12.3 Å². The number of para-hydroxylation sites is 1. The number of hydrogen-bond acceptors (Lipinski definition) is 3. The maximum atomic E-state index is 11.7. The molecule has 3 aliphatic heterocycles. The summed E-state index contributed by atoms with van der Waals surface area (Å²) in [5.74, 6) is 0.312. The maximum Gasteiger partial charge on any atom is 0.311 e. The summed E-state index contributed by atoms with van der Waals surface area (Å²) < 4.78 is 4.89. The van der Waals surface area contributed by atoms with Gasteiger partial charge < -0.3 is 9.64 Å². The molecule has 0 saturated carbocycles. The van der Waals surface area contributed by atoms with Gasteiger partial charge in [-0.05, 0) is 18.1 Å². The van der Waals surface area contributed by atoms with Crippen LogP contribution in [0.4, 0.5) is 5.69 Å². The Labute approximate surface area is 95.0 Å². The molecule has 3 aliphatic rings. The summed E-state index contributed by atoms with van der Waals surface area (Å²) in [5, 5.41) is 0. The van der Waals surface area contributed by atoms with Crippen molar-refractivity contribution in [2.24, 2.45) is 5.92 Å². The largest absolute Gasteiger partial charge is 0.469 e. The molecular weight excluding hydrogens is 202 g/mol. The highest BCUT2D eigenvalue weighted by Crippen LogP contribution is 2.45. The second-order valence-electron chi connectivity index (χ2n) is 4.53. The Balaban J connectivity index is 2.02. The molecule has 0 N–H and O–H groups in total. The lowest BCUT2D eigenvalue weighted by Gasteiger charge is -2.45. The van der Waals surface area contributed by atoms with E-state index in [1.165, 1.54) is 18.4 Å². The molecule has 1 aromatic rings. The van der Waals surface area contributed by atoms with Crippen LogP contribution in [0.5, 0.6) is 0 Å². The van der Waals surface area contributed by atoms with Crippen molar-refractivity contribution < 1.29 is 9.53 Å². The number of fused-ring (bicyclic) bond motifs is 2. The summed E-state index contributed by atoms with van der Waals surface area (Å²) in [6.45, 7) is 1.88. The fourth-order valence-electron chi connectivity index (χ4n) is 3.02. The molecule has 2 atom stereocenters. The van der Waals surface area contributed by atoms with Gasteiger partial charge in [-0.2, -0.15) is 0 Å². The van der Waals surface area contributed by atoms with E-state index in [0.29, 0.717) is 5.92 Å². The lowest BCUT2D eigenvalue weighted by molar-refractivity contribution is -0.146. The Kier molecular flexibility index (Phi) is 2.13. The number of piperidine rings is 1. The van der Waals surface area contributed by atoms with Gasteiger partial charge in [0.1, 0.15) is 0 Å². The van der Waals surface area contributed by atoms with Crippen LogP contribution in [0.2, 0.25) is 0 Å². The normalized spacial score (nSPS) is 26.4. The van der Waals surface area contributed by atoms with E-state index in [9.17, 15) is 4.79 Å². The van der Waals surface area contributed by atoms with Crippen molar-refractivity contribution >= 4 is 11.7 Å². The molecule has 4 rings (SSSR count). The van der Waals surface area contributed by atoms with E-state index in [4.69, 9.17) is 4.74 Å². The first kappa shape index (κ1) is 9.70. The molecule has 0 spiro atoms. The molecule has 1 aromatic carbocycles. The molecule has 1 fully saturated rings. The highest BCUT2D eigenvalue weighted by atomic mass is 16.5. The number of methoxy groups -OCH3 is 1. The smallest absolute Gasteiger partial charge is 0.311 e. The van der Waals surface area contributed by atoms with Crippen LogP contribution in [0.25, 0.3) is 0 Å². The number of carbonyl (C=O) groups excluding carboxylic acids is 1. The predicted octanol–water partition coefficient (Wildman–Crippen LogP) is 1.78. The lowest BCUT2D eigenvalue weighted by atomic mass is 9.75. The summed E-state index contributed by atoms with van der Waals surface area (Å²) in [6.07, 6.45) is 1.07. The average molecular weight is 217 g/mol. The van der Waals surface area contributed by atoms with Crippen molar-refractivity contribution in [3.05, 3.63) is 29.8 Å². The Morgan fingerprint density at radius 2 is 2.25 bits per heavy atom. The second-order valence-corrected chi connectivity index (χ2v) is 4.53. The molecule has 3 heterocycles. The van der Waals surface area contributed by atoms with Gasteiger partial charge >= 0.3 is 5.97 Å². The first-order valence-electron chi connectivity index (χ1n) is 5.73. The minimum Gasteiger partial charge on any atom is -0.469 e. The Morgan fingerprint density at radius 3 is 3.06 bits per heavy atom. The van der Waals surface area contributed by atoms with Gasteiger partial charge in [0.2, 0.25) is 0 Å². The van der Waals surface area contributed by atoms with Crippen LogP contribution in [0.15, 0.2) is 24.3 Å². The van der Waals surface area contributed by atoms with Crippen molar-refractivity contribution in [2.75, 3.05) is 25.1 Å². The van der Waals surface area contributed by atoms with E-state index < -0.39 is 0 Å². The van der Waals surface area contributed by atoms with Crippen LogP contribution in [-0.2, 0) is 9.53 Å². The van der Waals surface area contributed by atoms with Gasteiger partial charge in [-0.15, -0.1) is 0 Å². The Morgan fingerprint density at radius 1 is 1.44 bits per heavy atom. The van der Waals surface area contributed by atoms with E-state index in [0.717, 1.165) is 19.5 Å². The van der Waals surface area contributed by atoms with Gasteiger partial charge in [0.25, 0.3) is 0 Å². The van der Waals surface area contributed by atoms with E-state index >= 15 is 0 Å². The zero-order valence-electron chi connectivity index (χ0n) is 9.35. The standard InChI is InChI=1S/C13H15NO2/c1-16-13(15)11-8-14-7-6-9(11)10-4-2-3-5-12(10)14/h2-5,9,11H,6-8H2,1H3. The van der Waals surface area contributed by atoms with E-state index in [1.54, 1.807) is 0 Å². The number of ether oxygens (including phenoxy) is 1. The maximum absolute atomic E-state index is 11.7. The van der Waals surface area contributed by atoms with Gasteiger partial charge in [-0.3, -0.25) is 4.79 Å². The molecule has 2 unspecified atom stereocenters. The fourth-order valence-corrected chi connectivity index (χ4v) is 3.02. The number of esters is 1. The van der Waals surface area contributed by atoms with Gasteiger partial charge in [-0.25, -0.2) is 0 Å². The van der Waals surface area contributed by atoms with Crippen molar-refractivity contribution in [3.63, 3.8) is 0 Å². The lowest BCUT2D eigenvalue weighted by Crippen LogP contribution is -2.48. The topological polar surface area (TPSA) is 29.5 Å². The van der Waals surface area contributed by atoms with Crippen LogP contribution < -0.4 is 4.90 Å². The zero-order chi connectivity index (χ0) is 11.1. The van der Waals surface area contributed by atoms with Crippen LogP contribution in [0.1, 0.15) is 17.9 Å². The summed E-state index contributed by atoms with van der Waals surface area (Å²) in [4.78, 5) is 14.0. The summed E-state index contributed by atoms with van der Waals surface area (Å²) in [7, 11) is 1.48. The molecule has 3 nitrogen and oxygen atoms in total. The minimum absolute atomic E-state index is 0.0219. The average Bonchev–Trinajstić information content (AvgIpc) is 2.38. The molecule has 0 aliphatic carbocycles. The number of carbonyl (C=O) groups is 1. The van der Waals surface area contributed by atoms with Gasteiger partial charge in [0, 0.05) is 24.7 Å². The molecule has 84 valence electrons. The summed E-state index contributed by atoms with van der Waals surface area (Å²) in [6, 6.07) is 8.40. The van der Waals surface area contributed by atoms with E-state index in [1.807, 2.05) is 0 Å². The highest BCUT2D eigenvalue weighted by Gasteiger charge is 2.41. The Bertz CT molecular complexity index is 430. The number of nitrogens with zero attached hydrogens (tertiary/aromatic N) is 1.